The van der Waals surface area contributed by atoms with Crippen molar-refractivity contribution in [3.63, 3.8) is 0 Å². The summed E-state index contributed by atoms with van der Waals surface area (Å²) < 4.78 is 1.65. The van der Waals surface area contributed by atoms with Crippen LogP contribution in [0.2, 0.25) is 0 Å². The standard InChI is InChI=1S/C15H20N4O/c1-4-9-19(14-8-6-5-7-13(14)16)15(20)12-10-18(3)17-11(12)2/h5-8,10H,4,9,16H2,1-3H3. The molecule has 0 radical (unpaired) electrons. The maximum atomic E-state index is 12.7. The summed E-state index contributed by atoms with van der Waals surface area (Å²) in [5, 5.41) is 4.23. The molecule has 1 aromatic heterocycles. The summed E-state index contributed by atoms with van der Waals surface area (Å²) in [6.45, 7) is 4.50. The number of aromatic nitrogens is 2. The molecule has 5 nitrogen and oxygen atoms in total. The first-order valence-electron chi connectivity index (χ1n) is 6.71. The average molecular weight is 272 g/mol. The van der Waals surface area contributed by atoms with E-state index < -0.39 is 0 Å². The van der Waals surface area contributed by atoms with Gasteiger partial charge in [0.15, 0.2) is 0 Å². The molecule has 5 heteroatoms. The molecule has 1 amide bonds. The van der Waals surface area contributed by atoms with E-state index in [0.29, 0.717) is 17.8 Å². The highest BCUT2D eigenvalue weighted by atomic mass is 16.2. The number of aryl methyl sites for hydroxylation is 2. The van der Waals surface area contributed by atoms with Crippen molar-refractivity contribution in [2.24, 2.45) is 7.05 Å². The fourth-order valence-electron chi connectivity index (χ4n) is 2.24. The van der Waals surface area contributed by atoms with Crippen LogP contribution in [-0.2, 0) is 7.05 Å². The van der Waals surface area contributed by atoms with Gasteiger partial charge in [-0.1, -0.05) is 19.1 Å². The van der Waals surface area contributed by atoms with Gasteiger partial charge in [0.2, 0.25) is 0 Å². The number of nitrogens with zero attached hydrogens (tertiary/aromatic N) is 3. The van der Waals surface area contributed by atoms with Crippen LogP contribution in [-0.4, -0.2) is 22.2 Å². The Hall–Kier alpha value is -2.30. The number of hydrogen-bond acceptors (Lipinski definition) is 3. The maximum Gasteiger partial charge on any atom is 0.261 e. The summed E-state index contributed by atoms with van der Waals surface area (Å²) in [6.07, 6.45) is 2.61. The Bertz CT molecular complexity index is 618. The molecule has 20 heavy (non-hydrogen) atoms. The van der Waals surface area contributed by atoms with Crippen molar-refractivity contribution in [2.75, 3.05) is 17.2 Å². The molecular formula is C15H20N4O. The van der Waals surface area contributed by atoms with Crippen LogP contribution in [0.3, 0.4) is 0 Å². The Balaban J connectivity index is 2.41. The number of nitrogens with two attached hydrogens (primary N) is 1. The highest BCUT2D eigenvalue weighted by Crippen LogP contribution is 2.25. The van der Waals surface area contributed by atoms with Crippen molar-refractivity contribution in [3.8, 4) is 0 Å². The second-order valence-corrected chi connectivity index (χ2v) is 4.82. The number of nitrogen functional groups attached to an aromatic ring is 1. The van der Waals surface area contributed by atoms with Crippen LogP contribution >= 0.6 is 0 Å². The monoisotopic (exact) mass is 272 g/mol. The third kappa shape index (κ3) is 2.66. The van der Waals surface area contributed by atoms with Gasteiger partial charge in [0.05, 0.1) is 22.6 Å². The van der Waals surface area contributed by atoms with Gasteiger partial charge in [-0.2, -0.15) is 5.10 Å². The van der Waals surface area contributed by atoms with Gasteiger partial charge >= 0.3 is 0 Å². The lowest BCUT2D eigenvalue weighted by Gasteiger charge is -2.23. The molecule has 0 saturated heterocycles. The zero-order chi connectivity index (χ0) is 14.7. The van der Waals surface area contributed by atoms with Crippen molar-refractivity contribution in [1.29, 1.82) is 0 Å². The number of carbonyl (C=O) groups is 1. The minimum Gasteiger partial charge on any atom is -0.397 e. The van der Waals surface area contributed by atoms with Crippen LogP contribution in [0.25, 0.3) is 0 Å². The Kier molecular flexibility index (Phi) is 4.08. The molecule has 2 rings (SSSR count). The second-order valence-electron chi connectivity index (χ2n) is 4.82. The largest absolute Gasteiger partial charge is 0.397 e. The lowest BCUT2D eigenvalue weighted by Crippen LogP contribution is -2.32. The first-order chi connectivity index (χ1) is 9.54. The van der Waals surface area contributed by atoms with Gasteiger partial charge < -0.3 is 10.6 Å². The molecule has 0 unspecified atom stereocenters. The zero-order valence-corrected chi connectivity index (χ0v) is 12.1. The number of rotatable bonds is 4. The van der Waals surface area contributed by atoms with Crippen molar-refractivity contribution >= 4 is 17.3 Å². The van der Waals surface area contributed by atoms with Gasteiger partial charge in [-0.15, -0.1) is 0 Å². The predicted octanol–water partition coefficient (Wildman–Crippen LogP) is 2.37. The minimum absolute atomic E-state index is 0.0599. The Labute approximate surface area is 119 Å². The number of anilines is 2. The molecule has 2 aromatic rings. The number of para-hydroxylation sites is 2. The lowest BCUT2D eigenvalue weighted by molar-refractivity contribution is 0.0986. The fraction of sp³-hybridized carbons (Fsp3) is 0.333. The third-order valence-corrected chi connectivity index (χ3v) is 3.16. The summed E-state index contributed by atoms with van der Waals surface area (Å²) in [6, 6.07) is 7.43. The Morgan fingerprint density at radius 2 is 2.10 bits per heavy atom. The van der Waals surface area contributed by atoms with Gasteiger partial charge in [0.1, 0.15) is 0 Å². The second kappa shape index (κ2) is 5.77. The Morgan fingerprint density at radius 1 is 1.40 bits per heavy atom. The van der Waals surface area contributed by atoms with Gasteiger partial charge in [-0.05, 0) is 25.5 Å². The highest BCUT2D eigenvalue weighted by Gasteiger charge is 2.22. The molecule has 0 saturated carbocycles. The summed E-state index contributed by atoms with van der Waals surface area (Å²) in [7, 11) is 1.81. The molecule has 106 valence electrons. The lowest BCUT2D eigenvalue weighted by atomic mass is 10.2. The fourth-order valence-corrected chi connectivity index (χ4v) is 2.24. The van der Waals surface area contributed by atoms with Crippen LogP contribution in [0.4, 0.5) is 11.4 Å². The van der Waals surface area contributed by atoms with E-state index in [4.69, 9.17) is 5.73 Å². The van der Waals surface area contributed by atoms with Crippen molar-refractivity contribution in [3.05, 3.63) is 41.7 Å². The van der Waals surface area contributed by atoms with E-state index in [1.165, 1.54) is 0 Å². The zero-order valence-electron chi connectivity index (χ0n) is 12.1. The SMILES string of the molecule is CCCN(C(=O)c1cn(C)nc1C)c1ccccc1N. The molecule has 1 aromatic carbocycles. The first-order valence-corrected chi connectivity index (χ1v) is 6.71. The van der Waals surface area contributed by atoms with Crippen LogP contribution < -0.4 is 10.6 Å². The minimum atomic E-state index is -0.0599. The van der Waals surface area contributed by atoms with Gasteiger partial charge in [0, 0.05) is 19.8 Å². The maximum absolute atomic E-state index is 12.7. The molecule has 0 aliphatic heterocycles. The molecule has 0 bridgehead atoms. The van der Waals surface area contributed by atoms with Crippen molar-refractivity contribution in [2.45, 2.75) is 20.3 Å². The van der Waals surface area contributed by atoms with Crippen LogP contribution in [0.5, 0.6) is 0 Å². The number of amides is 1. The quantitative estimate of drug-likeness (QED) is 0.869. The highest BCUT2D eigenvalue weighted by molar-refractivity contribution is 6.08. The van der Waals surface area contributed by atoms with Crippen LogP contribution in [0, 0.1) is 6.92 Å². The molecule has 0 aliphatic carbocycles. The molecule has 0 aliphatic rings. The van der Waals surface area contributed by atoms with E-state index in [9.17, 15) is 4.79 Å². The predicted molar refractivity (Wildman–Crippen MR) is 80.8 cm³/mol. The van der Waals surface area contributed by atoms with Crippen molar-refractivity contribution in [1.82, 2.24) is 9.78 Å². The third-order valence-electron chi connectivity index (χ3n) is 3.16. The Morgan fingerprint density at radius 3 is 2.65 bits per heavy atom. The molecule has 0 spiro atoms. The summed E-state index contributed by atoms with van der Waals surface area (Å²) in [4.78, 5) is 14.5. The molecule has 0 atom stereocenters. The van der Waals surface area contributed by atoms with Gasteiger partial charge in [-0.3, -0.25) is 9.48 Å². The van der Waals surface area contributed by atoms with Crippen LogP contribution in [0.15, 0.2) is 30.5 Å². The summed E-state index contributed by atoms with van der Waals surface area (Å²) in [5.41, 5.74) is 8.70. The molecule has 1 heterocycles. The van der Waals surface area contributed by atoms with E-state index in [-0.39, 0.29) is 5.91 Å². The number of benzene rings is 1. The summed E-state index contributed by atoms with van der Waals surface area (Å²) >= 11 is 0. The average Bonchev–Trinajstić information content (AvgIpc) is 2.75. The smallest absolute Gasteiger partial charge is 0.261 e. The van der Waals surface area contributed by atoms with Gasteiger partial charge in [0.25, 0.3) is 5.91 Å². The molecule has 0 fully saturated rings. The van der Waals surface area contributed by atoms with Crippen molar-refractivity contribution < 1.29 is 4.79 Å². The topological polar surface area (TPSA) is 64.2 Å². The first kappa shape index (κ1) is 14.1. The van der Waals surface area contributed by atoms with E-state index in [1.54, 1.807) is 21.8 Å². The van der Waals surface area contributed by atoms with E-state index in [2.05, 4.69) is 5.10 Å². The summed E-state index contributed by atoms with van der Waals surface area (Å²) in [5.74, 6) is -0.0599. The van der Waals surface area contributed by atoms with E-state index in [0.717, 1.165) is 17.8 Å². The number of hydrogen-bond donors (Lipinski definition) is 1. The van der Waals surface area contributed by atoms with E-state index >= 15 is 0 Å². The molecular weight excluding hydrogens is 252 g/mol. The van der Waals surface area contributed by atoms with E-state index in [1.807, 2.05) is 39.1 Å². The van der Waals surface area contributed by atoms with Gasteiger partial charge in [-0.25, -0.2) is 0 Å². The molecule has 2 N–H and O–H groups in total. The number of carbonyl (C=O) groups excluding carboxylic acids is 1. The normalized spacial score (nSPS) is 10.6. The van der Waals surface area contributed by atoms with Crippen LogP contribution in [0.1, 0.15) is 29.4 Å².